The zero-order valence-corrected chi connectivity index (χ0v) is 17.6. The van der Waals surface area contributed by atoms with Crippen molar-refractivity contribution in [3.05, 3.63) is 99.0 Å². The van der Waals surface area contributed by atoms with Gasteiger partial charge in [0.2, 0.25) is 11.8 Å². The number of carbonyl (C=O) groups is 3. The number of anilines is 1. The molecule has 1 heterocycles. The summed E-state index contributed by atoms with van der Waals surface area (Å²) in [4.78, 5) is 41.6. The lowest BCUT2D eigenvalue weighted by Crippen LogP contribution is -2.54. The molecule has 1 fully saturated rings. The number of benzene rings is 3. The van der Waals surface area contributed by atoms with E-state index in [1.165, 1.54) is 11.0 Å². The smallest absolute Gasteiger partial charge is 0.239 e. The van der Waals surface area contributed by atoms with E-state index in [9.17, 15) is 14.4 Å². The Balaban J connectivity index is 1.63. The fraction of sp³-hybridized carbons (Fsp3) is 0.160. The van der Waals surface area contributed by atoms with Gasteiger partial charge in [-0.1, -0.05) is 71.7 Å². The van der Waals surface area contributed by atoms with Crippen LogP contribution in [0.4, 0.5) is 5.69 Å². The summed E-state index contributed by atoms with van der Waals surface area (Å²) in [5, 5.41) is 0.598. The molecular weight excluding hydrogens is 433 g/mol. The van der Waals surface area contributed by atoms with Crippen LogP contribution in [0.1, 0.15) is 28.2 Å². The van der Waals surface area contributed by atoms with Crippen LogP contribution in [0.15, 0.2) is 66.7 Å². The molecule has 3 aromatic rings. The van der Waals surface area contributed by atoms with Gasteiger partial charge in [0.25, 0.3) is 0 Å². The van der Waals surface area contributed by atoms with Crippen molar-refractivity contribution in [2.24, 2.45) is 11.8 Å². The lowest BCUT2D eigenvalue weighted by atomic mass is 9.48. The molecule has 4 nitrogen and oxygen atoms in total. The molecule has 3 aromatic carbocycles. The van der Waals surface area contributed by atoms with Crippen molar-refractivity contribution in [3.8, 4) is 0 Å². The standard InChI is InChI=1S/C25H15Cl2NO3/c26-18-10-9-13(11-19(18)27)28-23(30)21-20-14-5-1-3-7-16(14)25(12-29,22(21)24(28)31)17-8-4-2-6-15(17)20/h1-12,20-22H/t20?,21-,22+,25?/m0/s1. The predicted molar refractivity (Wildman–Crippen MR) is 118 cm³/mol. The van der Waals surface area contributed by atoms with Crippen LogP contribution in [0, 0.1) is 11.8 Å². The minimum atomic E-state index is -1.20. The molecule has 2 atom stereocenters. The quantitative estimate of drug-likeness (QED) is 0.420. The minimum Gasteiger partial charge on any atom is -0.302 e. The Labute approximate surface area is 188 Å². The van der Waals surface area contributed by atoms with Gasteiger partial charge >= 0.3 is 0 Å². The van der Waals surface area contributed by atoms with E-state index in [0.717, 1.165) is 28.5 Å². The summed E-state index contributed by atoms with van der Waals surface area (Å²) in [7, 11) is 0. The summed E-state index contributed by atoms with van der Waals surface area (Å²) >= 11 is 12.2. The van der Waals surface area contributed by atoms with Crippen LogP contribution < -0.4 is 4.90 Å². The third-order valence-corrected chi connectivity index (χ3v) is 7.77. The molecule has 0 radical (unpaired) electrons. The van der Waals surface area contributed by atoms with Crippen molar-refractivity contribution < 1.29 is 14.4 Å². The van der Waals surface area contributed by atoms with E-state index in [-0.39, 0.29) is 22.8 Å². The van der Waals surface area contributed by atoms with Crippen molar-refractivity contribution in [2.45, 2.75) is 11.3 Å². The highest BCUT2D eigenvalue weighted by atomic mass is 35.5. The summed E-state index contributed by atoms with van der Waals surface area (Å²) in [5.41, 5.74) is 2.66. The Morgan fingerprint density at radius 1 is 0.806 bits per heavy atom. The Kier molecular flexibility index (Phi) is 3.81. The first kappa shape index (κ1) is 18.8. The molecule has 0 saturated carbocycles. The summed E-state index contributed by atoms with van der Waals surface area (Å²) < 4.78 is 0. The second-order valence-corrected chi connectivity index (χ2v) is 9.07. The maximum atomic E-state index is 13.8. The van der Waals surface area contributed by atoms with Crippen LogP contribution in [0.5, 0.6) is 0 Å². The molecule has 152 valence electrons. The molecule has 7 rings (SSSR count). The lowest BCUT2D eigenvalue weighted by molar-refractivity contribution is -0.128. The number of nitrogens with zero attached hydrogens (tertiary/aromatic N) is 1. The third kappa shape index (κ3) is 2.14. The molecule has 2 amide bonds. The van der Waals surface area contributed by atoms with E-state index in [0.29, 0.717) is 10.7 Å². The Bertz CT molecular complexity index is 1270. The van der Waals surface area contributed by atoms with Crippen molar-refractivity contribution in [3.63, 3.8) is 0 Å². The van der Waals surface area contributed by atoms with Crippen LogP contribution in [-0.2, 0) is 19.8 Å². The molecule has 0 N–H and O–H groups in total. The number of hydrogen-bond acceptors (Lipinski definition) is 3. The highest BCUT2D eigenvalue weighted by Crippen LogP contribution is 2.63. The molecule has 0 aromatic heterocycles. The molecule has 1 aliphatic heterocycles. The summed E-state index contributed by atoms with van der Waals surface area (Å²) in [6.45, 7) is 0. The van der Waals surface area contributed by atoms with Crippen molar-refractivity contribution in [1.82, 2.24) is 0 Å². The van der Waals surface area contributed by atoms with Crippen LogP contribution in [0.2, 0.25) is 10.0 Å². The van der Waals surface area contributed by atoms with Crippen LogP contribution >= 0.6 is 23.2 Å². The van der Waals surface area contributed by atoms with E-state index < -0.39 is 17.3 Å². The first-order chi connectivity index (χ1) is 15.0. The van der Waals surface area contributed by atoms with Crippen molar-refractivity contribution in [1.29, 1.82) is 0 Å². The van der Waals surface area contributed by atoms with Crippen LogP contribution in [0.25, 0.3) is 0 Å². The van der Waals surface area contributed by atoms with Gasteiger partial charge < -0.3 is 4.79 Å². The van der Waals surface area contributed by atoms with Crippen molar-refractivity contribution >= 4 is 47.0 Å². The molecule has 31 heavy (non-hydrogen) atoms. The predicted octanol–water partition coefficient (Wildman–Crippen LogP) is 4.74. The number of rotatable bonds is 2. The zero-order chi connectivity index (χ0) is 21.5. The van der Waals surface area contributed by atoms with Gasteiger partial charge in [-0.25, -0.2) is 4.90 Å². The normalized spacial score (nSPS) is 27.7. The average molecular weight is 448 g/mol. The van der Waals surface area contributed by atoms with E-state index in [1.54, 1.807) is 12.1 Å². The molecule has 6 heteroatoms. The number of hydrogen-bond donors (Lipinski definition) is 0. The van der Waals surface area contributed by atoms with Crippen LogP contribution in [-0.4, -0.2) is 18.1 Å². The topological polar surface area (TPSA) is 54.5 Å². The minimum absolute atomic E-state index is 0.259. The Morgan fingerprint density at radius 2 is 1.42 bits per heavy atom. The molecule has 2 bridgehead atoms. The van der Waals surface area contributed by atoms with Gasteiger partial charge in [-0.05, 0) is 40.5 Å². The van der Waals surface area contributed by atoms with Gasteiger partial charge in [-0.2, -0.15) is 0 Å². The molecule has 4 aliphatic rings. The lowest BCUT2D eigenvalue weighted by Gasteiger charge is -2.51. The first-order valence-electron chi connectivity index (χ1n) is 9.98. The summed E-state index contributed by atoms with van der Waals surface area (Å²) in [6, 6.07) is 20.0. The third-order valence-electron chi connectivity index (χ3n) is 7.03. The Hall–Kier alpha value is -2.95. The molecule has 0 unspecified atom stereocenters. The molecule has 3 aliphatic carbocycles. The molecular formula is C25H15Cl2NO3. The Morgan fingerprint density at radius 3 is 2.00 bits per heavy atom. The SMILES string of the molecule is O=CC12c3ccccc3C(c3ccccc31)[C@@H]1C(=O)N(c3ccc(Cl)c(Cl)c3)C(=O)[C@@H]12. The average Bonchev–Trinajstić information content (AvgIpc) is 3.07. The first-order valence-corrected chi connectivity index (χ1v) is 10.7. The van der Waals surface area contributed by atoms with E-state index in [1.807, 2.05) is 48.5 Å². The van der Waals surface area contributed by atoms with Crippen molar-refractivity contribution in [2.75, 3.05) is 4.90 Å². The number of halogens is 2. The van der Waals surface area contributed by atoms with Gasteiger partial charge in [0.1, 0.15) is 6.29 Å². The summed E-state index contributed by atoms with van der Waals surface area (Å²) in [5.74, 6) is -2.44. The number of amides is 2. The van der Waals surface area contributed by atoms with E-state index >= 15 is 0 Å². The maximum Gasteiger partial charge on any atom is 0.239 e. The molecule has 0 spiro atoms. The fourth-order valence-electron chi connectivity index (χ4n) is 5.91. The summed E-state index contributed by atoms with van der Waals surface area (Å²) in [6.07, 6.45) is 0.862. The number of aldehydes is 1. The van der Waals surface area contributed by atoms with Gasteiger partial charge in [-0.3, -0.25) is 9.59 Å². The second kappa shape index (κ2) is 6.28. The zero-order valence-electron chi connectivity index (χ0n) is 16.1. The number of carbonyl (C=O) groups excluding carboxylic acids is 3. The van der Waals surface area contributed by atoms with Crippen LogP contribution in [0.3, 0.4) is 0 Å². The largest absolute Gasteiger partial charge is 0.302 e. The highest BCUT2D eigenvalue weighted by molar-refractivity contribution is 6.42. The highest BCUT2D eigenvalue weighted by Gasteiger charge is 2.68. The van der Waals surface area contributed by atoms with E-state index in [2.05, 4.69) is 0 Å². The second-order valence-electron chi connectivity index (χ2n) is 8.25. The van der Waals surface area contributed by atoms with E-state index in [4.69, 9.17) is 23.2 Å². The van der Waals surface area contributed by atoms with Gasteiger partial charge in [0.15, 0.2) is 0 Å². The monoisotopic (exact) mass is 447 g/mol. The van der Waals surface area contributed by atoms with Gasteiger partial charge in [-0.15, -0.1) is 0 Å². The maximum absolute atomic E-state index is 13.8. The molecule has 1 saturated heterocycles. The van der Waals surface area contributed by atoms with Gasteiger partial charge in [0.05, 0.1) is 33.0 Å². The van der Waals surface area contributed by atoms with Gasteiger partial charge in [0, 0.05) is 5.92 Å². The fourth-order valence-corrected chi connectivity index (χ4v) is 6.20. The number of imide groups is 1.